The van der Waals surface area contributed by atoms with Crippen LogP contribution in [0.15, 0.2) is 48.5 Å². The first-order valence-corrected chi connectivity index (χ1v) is 16.3. The maximum atomic E-state index is 13.4. The summed E-state index contributed by atoms with van der Waals surface area (Å²) in [5.41, 5.74) is 0.313. The van der Waals surface area contributed by atoms with Crippen LogP contribution in [0.1, 0.15) is 62.9 Å². The Kier molecular flexibility index (Phi) is 7.96. The van der Waals surface area contributed by atoms with Crippen LogP contribution in [0.5, 0.6) is 11.5 Å². The number of hydrogen-bond donors (Lipinski definition) is 0. The SMILES string of the molecule is CCOC(=O)C[C@@]12c3cccc(OC)c3O[C@@H]1C[C@H](O[Si](C)(C)C(C)(C)C)C[C@@H]2OC(=O)c1ccccc1. The highest BCUT2D eigenvalue weighted by molar-refractivity contribution is 6.74. The lowest BCUT2D eigenvalue weighted by Crippen LogP contribution is -2.59. The number of methoxy groups -OCH3 is 1. The van der Waals surface area contributed by atoms with E-state index in [0.717, 1.165) is 5.56 Å². The van der Waals surface area contributed by atoms with Crippen molar-refractivity contribution < 1.29 is 33.0 Å². The molecule has 7 nitrogen and oxygen atoms in total. The van der Waals surface area contributed by atoms with Crippen molar-refractivity contribution in [3.8, 4) is 11.5 Å². The third-order valence-electron chi connectivity index (χ3n) is 8.33. The monoisotopic (exact) mass is 540 g/mol. The van der Waals surface area contributed by atoms with Crippen LogP contribution in [-0.4, -0.2) is 52.3 Å². The van der Waals surface area contributed by atoms with E-state index in [1.165, 1.54) is 0 Å². The molecule has 0 spiro atoms. The van der Waals surface area contributed by atoms with Crippen molar-refractivity contribution in [3.05, 3.63) is 59.7 Å². The maximum Gasteiger partial charge on any atom is 0.338 e. The highest BCUT2D eigenvalue weighted by Gasteiger charge is 2.62. The summed E-state index contributed by atoms with van der Waals surface area (Å²) < 4.78 is 30.8. The average molecular weight is 541 g/mol. The molecule has 0 radical (unpaired) electrons. The smallest absolute Gasteiger partial charge is 0.338 e. The summed E-state index contributed by atoms with van der Waals surface area (Å²) in [6, 6.07) is 14.6. The van der Waals surface area contributed by atoms with Gasteiger partial charge in [-0.1, -0.05) is 51.1 Å². The zero-order valence-corrected chi connectivity index (χ0v) is 24.5. The number of hydrogen-bond acceptors (Lipinski definition) is 7. The molecule has 1 saturated carbocycles. The number of benzene rings is 2. The first-order chi connectivity index (χ1) is 17.9. The molecule has 4 rings (SSSR count). The second kappa shape index (κ2) is 10.7. The van der Waals surface area contributed by atoms with E-state index in [1.807, 2.05) is 24.3 Å². The maximum absolute atomic E-state index is 13.4. The summed E-state index contributed by atoms with van der Waals surface area (Å²) in [6.07, 6.45) is -0.322. The molecule has 0 aromatic heterocycles. The van der Waals surface area contributed by atoms with E-state index < -0.39 is 31.9 Å². The average Bonchev–Trinajstić information content (AvgIpc) is 3.18. The lowest BCUT2D eigenvalue weighted by molar-refractivity contribution is -0.150. The van der Waals surface area contributed by atoms with Crippen molar-refractivity contribution in [2.24, 2.45) is 0 Å². The van der Waals surface area contributed by atoms with Crippen LogP contribution in [0.4, 0.5) is 0 Å². The Bertz CT molecular complexity index is 1160. The van der Waals surface area contributed by atoms with Gasteiger partial charge in [0.15, 0.2) is 19.8 Å². The van der Waals surface area contributed by atoms with Gasteiger partial charge in [0.25, 0.3) is 0 Å². The molecule has 38 heavy (non-hydrogen) atoms. The largest absolute Gasteiger partial charge is 0.493 e. The van der Waals surface area contributed by atoms with Crippen molar-refractivity contribution in [1.29, 1.82) is 0 Å². The molecule has 2 aromatic carbocycles. The molecule has 8 heteroatoms. The first-order valence-electron chi connectivity index (χ1n) is 13.4. The summed E-state index contributed by atoms with van der Waals surface area (Å²) >= 11 is 0. The highest BCUT2D eigenvalue weighted by atomic mass is 28.4. The second-order valence-electron chi connectivity index (χ2n) is 11.7. The van der Waals surface area contributed by atoms with E-state index >= 15 is 0 Å². The fourth-order valence-electron chi connectivity index (χ4n) is 5.40. The molecule has 0 bridgehead atoms. The first kappa shape index (κ1) is 28.2. The Morgan fingerprint density at radius 1 is 1.05 bits per heavy atom. The van der Waals surface area contributed by atoms with Crippen molar-refractivity contribution >= 4 is 20.3 Å². The molecule has 0 amide bonds. The number of ether oxygens (including phenoxy) is 4. The normalized spacial score (nSPS) is 24.6. The number of carbonyl (C=O) groups excluding carboxylic acids is 2. The number of rotatable bonds is 8. The summed E-state index contributed by atoms with van der Waals surface area (Å²) in [5, 5.41) is 0.00535. The molecular weight excluding hydrogens is 500 g/mol. The summed E-state index contributed by atoms with van der Waals surface area (Å²) in [5.74, 6) is 0.358. The van der Waals surface area contributed by atoms with Crippen LogP contribution in [0.2, 0.25) is 18.1 Å². The van der Waals surface area contributed by atoms with Crippen LogP contribution >= 0.6 is 0 Å². The third kappa shape index (κ3) is 5.21. The van der Waals surface area contributed by atoms with Crippen LogP contribution in [0.3, 0.4) is 0 Å². The summed E-state index contributed by atoms with van der Waals surface area (Å²) in [6.45, 7) is 13.1. The van der Waals surface area contributed by atoms with Crippen molar-refractivity contribution in [2.45, 2.75) is 88.8 Å². The van der Waals surface area contributed by atoms with Crippen LogP contribution < -0.4 is 9.47 Å². The highest BCUT2D eigenvalue weighted by Crippen LogP contribution is 2.57. The standard InChI is InChI=1S/C30H40O7Si/c1-8-34-26(31)19-30-22-15-12-16-23(33-5)27(22)35-24(30)17-21(37-38(6,7)29(2,3)4)18-25(30)36-28(32)20-13-10-9-11-14-20/h9-16,21,24-25H,8,17-19H2,1-7H3/t21-,24+,25-,30+/m0/s1. The van der Waals surface area contributed by atoms with Crippen LogP contribution in [0, 0.1) is 0 Å². The van der Waals surface area contributed by atoms with Crippen molar-refractivity contribution in [2.75, 3.05) is 13.7 Å². The Labute approximate surface area is 226 Å². The molecule has 1 heterocycles. The van der Waals surface area contributed by atoms with Gasteiger partial charge >= 0.3 is 11.9 Å². The number of fused-ring (bicyclic) bond motifs is 3. The topological polar surface area (TPSA) is 80.3 Å². The molecule has 4 atom stereocenters. The Morgan fingerprint density at radius 2 is 1.76 bits per heavy atom. The number of esters is 2. The van der Waals surface area contributed by atoms with Gasteiger partial charge in [-0.3, -0.25) is 4.79 Å². The van der Waals surface area contributed by atoms with Gasteiger partial charge in [0.2, 0.25) is 0 Å². The molecule has 0 saturated heterocycles. The molecule has 0 unspecified atom stereocenters. The molecule has 0 N–H and O–H groups in total. The molecular formula is C30H40O7Si. The van der Waals surface area contributed by atoms with E-state index in [9.17, 15) is 9.59 Å². The summed E-state index contributed by atoms with van der Waals surface area (Å²) in [4.78, 5) is 26.5. The molecule has 1 aliphatic heterocycles. The molecule has 1 aliphatic carbocycles. The van der Waals surface area contributed by atoms with E-state index in [1.54, 1.807) is 38.3 Å². The predicted octanol–water partition coefficient (Wildman–Crippen LogP) is 6.06. The van der Waals surface area contributed by atoms with Gasteiger partial charge in [0.05, 0.1) is 37.2 Å². The van der Waals surface area contributed by atoms with E-state index in [-0.39, 0.29) is 30.1 Å². The number of carbonyl (C=O) groups is 2. The van der Waals surface area contributed by atoms with Gasteiger partial charge in [0, 0.05) is 18.4 Å². The fourth-order valence-corrected chi connectivity index (χ4v) is 6.78. The quantitative estimate of drug-likeness (QED) is 0.298. The Hall–Kier alpha value is -2.84. The van der Waals surface area contributed by atoms with Crippen molar-refractivity contribution in [3.63, 3.8) is 0 Å². The second-order valence-corrected chi connectivity index (χ2v) is 16.5. The van der Waals surface area contributed by atoms with Gasteiger partial charge in [0.1, 0.15) is 12.2 Å². The zero-order chi connectivity index (χ0) is 27.7. The van der Waals surface area contributed by atoms with Crippen molar-refractivity contribution in [1.82, 2.24) is 0 Å². The van der Waals surface area contributed by atoms with Crippen LogP contribution in [0.25, 0.3) is 0 Å². The molecule has 2 aromatic rings. The lowest BCUT2D eigenvalue weighted by Gasteiger charge is -2.48. The minimum absolute atomic E-state index is 0.00535. The molecule has 2 aliphatic rings. The van der Waals surface area contributed by atoms with Gasteiger partial charge in [-0.2, -0.15) is 0 Å². The number of para-hydroxylation sites is 1. The lowest BCUT2D eigenvalue weighted by atomic mass is 9.64. The van der Waals surface area contributed by atoms with Gasteiger partial charge in [-0.15, -0.1) is 0 Å². The Balaban J connectivity index is 1.80. The third-order valence-corrected chi connectivity index (χ3v) is 12.9. The summed E-state index contributed by atoms with van der Waals surface area (Å²) in [7, 11) is -0.556. The Morgan fingerprint density at radius 3 is 2.39 bits per heavy atom. The molecule has 206 valence electrons. The van der Waals surface area contributed by atoms with E-state index in [4.69, 9.17) is 23.4 Å². The van der Waals surface area contributed by atoms with Crippen LogP contribution in [-0.2, 0) is 24.1 Å². The van der Waals surface area contributed by atoms with E-state index in [2.05, 4.69) is 33.9 Å². The van der Waals surface area contributed by atoms with Gasteiger partial charge < -0.3 is 23.4 Å². The minimum Gasteiger partial charge on any atom is -0.493 e. The minimum atomic E-state index is -2.15. The predicted molar refractivity (Wildman–Crippen MR) is 147 cm³/mol. The molecule has 1 fully saturated rings. The zero-order valence-electron chi connectivity index (χ0n) is 23.5. The van der Waals surface area contributed by atoms with E-state index in [0.29, 0.717) is 29.9 Å². The fraction of sp³-hybridized carbons (Fsp3) is 0.533. The van der Waals surface area contributed by atoms with Gasteiger partial charge in [-0.05, 0) is 43.3 Å². The van der Waals surface area contributed by atoms with Gasteiger partial charge in [-0.25, -0.2) is 4.79 Å².